The van der Waals surface area contributed by atoms with E-state index < -0.39 is 6.04 Å². The molecule has 0 aliphatic rings. The largest absolute Gasteiger partial charge is 0.340 e. The standard InChI is InChI=1S/C13H19FN2O/c1-9(2)12(15)13(17)16(3)8-10-6-4-5-7-11(10)14/h4-7,9,12H,8,15H2,1-3H3/t12-/m0/s1. The van der Waals surface area contributed by atoms with Gasteiger partial charge < -0.3 is 10.6 Å². The molecule has 0 bridgehead atoms. The van der Waals surface area contributed by atoms with E-state index in [1.54, 1.807) is 25.2 Å². The number of hydrogen-bond acceptors (Lipinski definition) is 2. The lowest BCUT2D eigenvalue weighted by atomic mass is 10.0. The Morgan fingerprint density at radius 2 is 2.00 bits per heavy atom. The molecule has 0 spiro atoms. The number of halogens is 1. The van der Waals surface area contributed by atoms with Crippen LogP contribution in [-0.4, -0.2) is 23.9 Å². The number of rotatable bonds is 4. The molecule has 3 nitrogen and oxygen atoms in total. The Labute approximate surface area is 101 Å². The summed E-state index contributed by atoms with van der Waals surface area (Å²) in [4.78, 5) is 13.3. The molecule has 1 amide bonds. The van der Waals surface area contributed by atoms with E-state index in [0.29, 0.717) is 5.56 Å². The van der Waals surface area contributed by atoms with Gasteiger partial charge in [-0.05, 0) is 12.0 Å². The van der Waals surface area contributed by atoms with Crippen LogP contribution in [0.1, 0.15) is 19.4 Å². The lowest BCUT2D eigenvalue weighted by Crippen LogP contribution is -2.44. The number of carbonyl (C=O) groups excluding carboxylic acids is 1. The molecular weight excluding hydrogens is 219 g/mol. The highest BCUT2D eigenvalue weighted by Gasteiger charge is 2.21. The average Bonchev–Trinajstić information content (AvgIpc) is 2.30. The van der Waals surface area contributed by atoms with Crippen LogP contribution in [0.4, 0.5) is 4.39 Å². The van der Waals surface area contributed by atoms with E-state index in [2.05, 4.69) is 0 Å². The summed E-state index contributed by atoms with van der Waals surface area (Å²) >= 11 is 0. The van der Waals surface area contributed by atoms with Gasteiger partial charge in [-0.2, -0.15) is 0 Å². The van der Waals surface area contributed by atoms with E-state index in [4.69, 9.17) is 5.73 Å². The van der Waals surface area contributed by atoms with Crippen molar-refractivity contribution < 1.29 is 9.18 Å². The van der Waals surface area contributed by atoms with Crippen molar-refractivity contribution in [2.24, 2.45) is 11.7 Å². The first-order valence-electron chi connectivity index (χ1n) is 5.67. The highest BCUT2D eigenvalue weighted by molar-refractivity contribution is 5.81. The summed E-state index contributed by atoms with van der Waals surface area (Å²) in [5, 5.41) is 0. The summed E-state index contributed by atoms with van der Waals surface area (Å²) in [5.41, 5.74) is 6.27. The molecule has 4 heteroatoms. The van der Waals surface area contributed by atoms with Crippen molar-refractivity contribution in [1.82, 2.24) is 4.90 Å². The molecular formula is C13H19FN2O. The molecule has 0 saturated heterocycles. The topological polar surface area (TPSA) is 46.3 Å². The maximum absolute atomic E-state index is 13.4. The van der Waals surface area contributed by atoms with Crippen molar-refractivity contribution in [3.05, 3.63) is 35.6 Å². The van der Waals surface area contributed by atoms with Crippen LogP contribution in [-0.2, 0) is 11.3 Å². The lowest BCUT2D eigenvalue weighted by molar-refractivity contribution is -0.132. The molecule has 0 fully saturated rings. The number of hydrogen-bond donors (Lipinski definition) is 1. The smallest absolute Gasteiger partial charge is 0.239 e. The number of nitrogens with zero attached hydrogens (tertiary/aromatic N) is 1. The molecule has 1 atom stereocenters. The molecule has 0 unspecified atom stereocenters. The molecule has 0 saturated carbocycles. The maximum atomic E-state index is 13.4. The lowest BCUT2D eigenvalue weighted by Gasteiger charge is -2.23. The molecule has 0 heterocycles. The van der Waals surface area contributed by atoms with Crippen molar-refractivity contribution in [1.29, 1.82) is 0 Å². The summed E-state index contributed by atoms with van der Waals surface area (Å²) < 4.78 is 13.4. The minimum atomic E-state index is -0.535. The molecule has 2 N–H and O–H groups in total. The Kier molecular flexibility index (Phi) is 4.63. The maximum Gasteiger partial charge on any atom is 0.239 e. The van der Waals surface area contributed by atoms with Crippen molar-refractivity contribution in [2.45, 2.75) is 26.4 Å². The van der Waals surface area contributed by atoms with Gasteiger partial charge in [-0.3, -0.25) is 4.79 Å². The predicted molar refractivity (Wildman–Crippen MR) is 65.7 cm³/mol. The van der Waals surface area contributed by atoms with Gasteiger partial charge in [0.05, 0.1) is 6.04 Å². The van der Waals surface area contributed by atoms with Crippen LogP contribution >= 0.6 is 0 Å². The van der Waals surface area contributed by atoms with Crippen LogP contribution in [0.25, 0.3) is 0 Å². The third kappa shape index (κ3) is 3.53. The van der Waals surface area contributed by atoms with E-state index in [-0.39, 0.29) is 24.2 Å². The monoisotopic (exact) mass is 238 g/mol. The van der Waals surface area contributed by atoms with E-state index in [9.17, 15) is 9.18 Å². The third-order valence-electron chi connectivity index (χ3n) is 2.74. The zero-order chi connectivity index (χ0) is 13.0. The number of nitrogens with two attached hydrogens (primary N) is 1. The highest BCUT2D eigenvalue weighted by Crippen LogP contribution is 2.10. The second-order valence-corrected chi connectivity index (χ2v) is 4.56. The quantitative estimate of drug-likeness (QED) is 0.869. The molecule has 1 aromatic rings. The van der Waals surface area contributed by atoms with Crippen LogP contribution < -0.4 is 5.73 Å². The zero-order valence-corrected chi connectivity index (χ0v) is 10.5. The normalized spacial score (nSPS) is 12.6. The summed E-state index contributed by atoms with van der Waals surface area (Å²) in [5.74, 6) is -0.390. The second kappa shape index (κ2) is 5.77. The Balaban J connectivity index is 2.70. The minimum absolute atomic E-state index is 0.0746. The molecule has 1 aromatic carbocycles. The summed E-state index contributed by atoms with van der Waals surface area (Å²) in [7, 11) is 1.64. The highest BCUT2D eigenvalue weighted by atomic mass is 19.1. The zero-order valence-electron chi connectivity index (χ0n) is 10.5. The van der Waals surface area contributed by atoms with Crippen LogP contribution in [0.3, 0.4) is 0 Å². The van der Waals surface area contributed by atoms with Crippen molar-refractivity contribution in [2.75, 3.05) is 7.05 Å². The predicted octanol–water partition coefficient (Wildman–Crippen LogP) is 1.77. The van der Waals surface area contributed by atoms with Crippen molar-refractivity contribution in [3.8, 4) is 0 Å². The van der Waals surface area contributed by atoms with E-state index >= 15 is 0 Å². The second-order valence-electron chi connectivity index (χ2n) is 4.56. The molecule has 1 rings (SSSR count). The van der Waals surface area contributed by atoms with Gasteiger partial charge in [0.25, 0.3) is 0 Å². The van der Waals surface area contributed by atoms with Gasteiger partial charge in [-0.25, -0.2) is 4.39 Å². The molecule has 0 aliphatic carbocycles. The molecule has 94 valence electrons. The van der Waals surface area contributed by atoms with Gasteiger partial charge in [0.2, 0.25) is 5.91 Å². The first-order valence-corrected chi connectivity index (χ1v) is 5.67. The first kappa shape index (κ1) is 13.6. The van der Waals surface area contributed by atoms with Crippen LogP contribution in [0, 0.1) is 11.7 Å². The summed E-state index contributed by atoms with van der Waals surface area (Å²) in [6, 6.07) is 5.89. The third-order valence-corrected chi connectivity index (χ3v) is 2.74. The number of carbonyl (C=O) groups is 1. The fourth-order valence-electron chi connectivity index (χ4n) is 1.50. The summed E-state index contributed by atoms with van der Waals surface area (Å²) in [6.07, 6.45) is 0. The SMILES string of the molecule is CC(C)[C@H](N)C(=O)N(C)Cc1ccccc1F. The van der Waals surface area contributed by atoms with E-state index in [1.807, 2.05) is 13.8 Å². The molecule has 17 heavy (non-hydrogen) atoms. The van der Waals surface area contributed by atoms with E-state index in [0.717, 1.165) is 0 Å². The first-order chi connectivity index (χ1) is 7.93. The number of amides is 1. The van der Waals surface area contributed by atoms with Gasteiger partial charge >= 0.3 is 0 Å². The summed E-state index contributed by atoms with van der Waals surface area (Å²) in [6.45, 7) is 4.02. The molecule has 0 aliphatic heterocycles. The van der Waals surface area contributed by atoms with Crippen LogP contribution in [0.5, 0.6) is 0 Å². The number of likely N-dealkylation sites (N-methyl/N-ethyl adjacent to an activating group) is 1. The fourth-order valence-corrected chi connectivity index (χ4v) is 1.50. The van der Waals surface area contributed by atoms with Gasteiger partial charge in [0.1, 0.15) is 5.82 Å². The Morgan fingerprint density at radius 3 is 2.53 bits per heavy atom. The van der Waals surface area contributed by atoms with Crippen molar-refractivity contribution >= 4 is 5.91 Å². The van der Waals surface area contributed by atoms with Gasteiger partial charge in [-0.1, -0.05) is 32.0 Å². The minimum Gasteiger partial charge on any atom is -0.340 e. The van der Waals surface area contributed by atoms with Gasteiger partial charge in [0.15, 0.2) is 0 Å². The average molecular weight is 238 g/mol. The molecule has 0 aromatic heterocycles. The van der Waals surface area contributed by atoms with E-state index in [1.165, 1.54) is 11.0 Å². The van der Waals surface area contributed by atoms with Crippen LogP contribution in [0.2, 0.25) is 0 Å². The van der Waals surface area contributed by atoms with Gasteiger partial charge in [-0.15, -0.1) is 0 Å². The van der Waals surface area contributed by atoms with Gasteiger partial charge in [0, 0.05) is 19.2 Å². The Hall–Kier alpha value is -1.42. The van der Waals surface area contributed by atoms with Crippen LogP contribution in [0.15, 0.2) is 24.3 Å². The molecule has 0 radical (unpaired) electrons. The Bertz CT molecular complexity index is 393. The van der Waals surface area contributed by atoms with Crippen molar-refractivity contribution in [3.63, 3.8) is 0 Å². The Morgan fingerprint density at radius 1 is 1.41 bits per heavy atom. The number of benzene rings is 1. The fraction of sp³-hybridized carbons (Fsp3) is 0.462.